The Bertz CT molecular complexity index is 214. The lowest BCUT2D eigenvalue weighted by molar-refractivity contribution is -0.193. The van der Waals surface area contributed by atoms with Crippen molar-refractivity contribution in [2.24, 2.45) is 0 Å². The van der Waals surface area contributed by atoms with Gasteiger partial charge in [0.15, 0.2) is 6.10 Å². The normalized spacial score (nSPS) is 38.6. The van der Waals surface area contributed by atoms with E-state index < -0.39 is 26.5 Å². The van der Waals surface area contributed by atoms with Crippen LogP contribution in [0.3, 0.4) is 0 Å². The molecule has 0 N–H and O–H groups in total. The maximum absolute atomic E-state index is 10.4. The number of methoxy groups -OCH3 is 1. The summed E-state index contributed by atoms with van der Waals surface area (Å²) in [6, 6.07) is -0.634. The molecule has 1 fully saturated rings. The number of ether oxygens (including phenoxy) is 2. The molecular formula is C7H12BO5P. The number of hydrogen-bond donors (Lipinski definition) is 0. The largest absolute Gasteiger partial charge is 0.566 e. The number of hydrogen-bond acceptors (Lipinski definition) is 5. The molecule has 0 aliphatic carbocycles. The quantitative estimate of drug-likeness (QED) is 0.478. The Kier molecular flexibility index (Phi) is 4.48. The first-order valence-corrected chi connectivity index (χ1v) is 5.44. The minimum Gasteiger partial charge on any atom is -0.566 e. The third kappa shape index (κ3) is 2.52. The first-order chi connectivity index (χ1) is 6.60. The molecule has 0 bridgehead atoms. The van der Waals surface area contributed by atoms with E-state index in [-0.39, 0.29) is 6.10 Å². The second kappa shape index (κ2) is 5.19. The Balaban J connectivity index is 2.68. The Labute approximate surface area is 85.1 Å². The average molecular weight is 218 g/mol. The highest BCUT2D eigenvalue weighted by Crippen LogP contribution is 2.31. The van der Waals surface area contributed by atoms with Gasteiger partial charge in [-0.15, -0.1) is 4.52 Å². The first-order valence-electron chi connectivity index (χ1n) is 4.35. The topological polar surface area (TPSA) is 67.8 Å². The molecule has 5 atom stereocenters. The predicted octanol–water partition coefficient (Wildman–Crippen LogP) is -0.292. The molecular weight excluding hydrogens is 206 g/mol. The minimum atomic E-state index is -2.91. The van der Waals surface area contributed by atoms with E-state index >= 15 is 0 Å². The van der Waals surface area contributed by atoms with Gasteiger partial charge in [0, 0.05) is 13.1 Å². The monoisotopic (exact) mass is 218 g/mol. The fourth-order valence-electron chi connectivity index (χ4n) is 1.58. The summed E-state index contributed by atoms with van der Waals surface area (Å²) >= 11 is 0. The molecule has 78 valence electrons. The van der Waals surface area contributed by atoms with Crippen molar-refractivity contribution in [3.63, 3.8) is 0 Å². The molecule has 5 nitrogen and oxygen atoms in total. The van der Waals surface area contributed by atoms with Gasteiger partial charge in [-0.05, 0) is 11.0 Å². The van der Waals surface area contributed by atoms with Crippen LogP contribution in [-0.4, -0.2) is 39.3 Å². The molecule has 0 amide bonds. The molecule has 1 rings (SSSR count). The molecule has 0 aromatic heterocycles. The van der Waals surface area contributed by atoms with Crippen LogP contribution in [0.5, 0.6) is 0 Å². The van der Waals surface area contributed by atoms with E-state index in [9.17, 15) is 9.46 Å². The zero-order chi connectivity index (χ0) is 10.7. The molecule has 0 aromatic rings. The zero-order valence-corrected chi connectivity index (χ0v) is 8.98. The molecule has 1 aliphatic heterocycles. The van der Waals surface area contributed by atoms with Gasteiger partial charge in [0.25, 0.3) is 0 Å². The lowest BCUT2D eigenvalue weighted by Crippen LogP contribution is -2.36. The van der Waals surface area contributed by atoms with Crippen molar-refractivity contribution in [2.75, 3.05) is 7.11 Å². The molecule has 0 saturated carbocycles. The summed E-state index contributed by atoms with van der Waals surface area (Å²) < 4.78 is 25.5. The fraction of sp³-hybridized carbons (Fsp3) is 1.00. The van der Waals surface area contributed by atoms with Gasteiger partial charge >= 0.3 is 8.25 Å². The van der Waals surface area contributed by atoms with Crippen molar-refractivity contribution in [1.82, 2.24) is 0 Å². The highest BCUT2D eigenvalue weighted by Gasteiger charge is 2.45. The van der Waals surface area contributed by atoms with Crippen molar-refractivity contribution in [2.45, 2.75) is 37.7 Å². The van der Waals surface area contributed by atoms with Crippen LogP contribution in [0.1, 0.15) is 13.3 Å². The van der Waals surface area contributed by atoms with Crippen LogP contribution in [0.25, 0.3) is 0 Å². The molecule has 3 unspecified atom stereocenters. The Morgan fingerprint density at radius 2 is 2.21 bits per heavy atom. The molecule has 0 aromatic carbocycles. The van der Waals surface area contributed by atoms with Crippen molar-refractivity contribution in [1.29, 1.82) is 0 Å². The summed E-state index contributed by atoms with van der Waals surface area (Å²) in [6.45, 7) is 1.86. The smallest absolute Gasteiger partial charge is 0.488 e. The maximum atomic E-state index is 10.4. The van der Waals surface area contributed by atoms with Crippen LogP contribution in [0.2, 0.25) is 0 Å². The molecule has 7 heteroatoms. The van der Waals surface area contributed by atoms with Crippen LogP contribution in [-0.2, 0) is 18.6 Å². The van der Waals surface area contributed by atoms with E-state index in [0.29, 0.717) is 6.42 Å². The van der Waals surface area contributed by atoms with Crippen molar-refractivity contribution < 1.29 is 23.5 Å². The maximum Gasteiger partial charge on any atom is 0.488 e. The van der Waals surface area contributed by atoms with Gasteiger partial charge in [-0.1, -0.05) is 6.92 Å². The van der Waals surface area contributed by atoms with Crippen molar-refractivity contribution >= 4 is 16.1 Å². The molecule has 1 heterocycles. The van der Waals surface area contributed by atoms with E-state index in [2.05, 4.69) is 0 Å². The van der Waals surface area contributed by atoms with Crippen LogP contribution >= 0.6 is 8.25 Å². The van der Waals surface area contributed by atoms with E-state index in [1.807, 2.05) is 6.92 Å². The molecule has 0 spiro atoms. The highest BCUT2D eigenvalue weighted by atomic mass is 31.1. The van der Waals surface area contributed by atoms with Crippen LogP contribution < -0.4 is 4.89 Å². The van der Waals surface area contributed by atoms with Crippen LogP contribution in [0.15, 0.2) is 0 Å². The van der Waals surface area contributed by atoms with Gasteiger partial charge in [0.05, 0.1) is 6.10 Å². The van der Waals surface area contributed by atoms with Crippen LogP contribution in [0.4, 0.5) is 0 Å². The summed E-state index contributed by atoms with van der Waals surface area (Å²) in [4.78, 5) is 10.4. The predicted molar refractivity (Wildman–Crippen MR) is 48.0 cm³/mol. The minimum absolute atomic E-state index is 0.331. The first kappa shape index (κ1) is 12.1. The fourth-order valence-corrected chi connectivity index (χ4v) is 2.03. The van der Waals surface area contributed by atoms with Gasteiger partial charge in [-0.2, -0.15) is 0 Å². The second-order valence-electron chi connectivity index (χ2n) is 3.04. The van der Waals surface area contributed by atoms with Crippen molar-refractivity contribution in [3.05, 3.63) is 0 Å². The number of rotatable bonds is 4. The Morgan fingerprint density at radius 1 is 1.57 bits per heavy atom. The summed E-state index contributed by atoms with van der Waals surface area (Å²) in [5.74, 6) is 0. The average Bonchev–Trinajstić information content (AvgIpc) is 2.41. The van der Waals surface area contributed by atoms with Gasteiger partial charge in [-0.3, -0.25) is 0 Å². The zero-order valence-electron chi connectivity index (χ0n) is 8.08. The third-order valence-corrected chi connectivity index (χ3v) is 2.64. The summed E-state index contributed by atoms with van der Waals surface area (Å²) in [5, 5.41) is 0. The highest BCUT2D eigenvalue weighted by molar-refractivity contribution is 7.30. The molecule has 2 radical (unpaired) electrons. The molecule has 1 aliphatic rings. The summed E-state index contributed by atoms with van der Waals surface area (Å²) in [6.07, 6.45) is -0.877. The third-order valence-electron chi connectivity index (χ3n) is 2.23. The van der Waals surface area contributed by atoms with E-state index in [4.69, 9.17) is 21.8 Å². The molecule has 1 saturated heterocycles. The summed E-state index contributed by atoms with van der Waals surface area (Å²) in [5.41, 5.74) is 0. The van der Waals surface area contributed by atoms with E-state index in [1.54, 1.807) is 0 Å². The Hall–Kier alpha value is 0.00494. The van der Waals surface area contributed by atoms with Crippen molar-refractivity contribution in [3.8, 4) is 0 Å². The molecule has 14 heavy (non-hydrogen) atoms. The lowest BCUT2D eigenvalue weighted by Gasteiger charge is -2.16. The van der Waals surface area contributed by atoms with Gasteiger partial charge in [0.1, 0.15) is 14.0 Å². The lowest BCUT2D eigenvalue weighted by atomic mass is 9.92. The van der Waals surface area contributed by atoms with Gasteiger partial charge < -0.3 is 14.4 Å². The Morgan fingerprint density at radius 3 is 2.64 bits per heavy atom. The summed E-state index contributed by atoms with van der Waals surface area (Å²) in [7, 11) is 4.13. The SMILES string of the molecule is [B][C@@H]1O[C@H](CC)C(O[P+](=O)[O-])C1OC. The standard InChI is InChI=1S/C7H12BO5P/c1-3-4-5(13-14(9)10)6(11-2)7(8)12-4/h4-7H,3H2,1-2H3/t4-,5?,6?,7-/m1/s1. The van der Waals surface area contributed by atoms with Crippen LogP contribution in [0, 0.1) is 0 Å². The van der Waals surface area contributed by atoms with Gasteiger partial charge in [0.2, 0.25) is 0 Å². The van der Waals surface area contributed by atoms with E-state index in [1.165, 1.54) is 7.11 Å². The van der Waals surface area contributed by atoms with E-state index in [0.717, 1.165) is 0 Å². The van der Waals surface area contributed by atoms with Gasteiger partial charge in [-0.25, -0.2) is 0 Å². The second-order valence-corrected chi connectivity index (χ2v) is 3.70.